The van der Waals surface area contributed by atoms with Gasteiger partial charge in [0, 0.05) is 12.6 Å². The van der Waals surface area contributed by atoms with Gasteiger partial charge in [-0.2, -0.15) is 0 Å². The second-order valence-corrected chi connectivity index (χ2v) is 6.18. The number of rotatable bonds is 7. The summed E-state index contributed by atoms with van der Waals surface area (Å²) in [5, 5.41) is 6.03. The van der Waals surface area contributed by atoms with Gasteiger partial charge in [0.25, 0.3) is 5.91 Å². The summed E-state index contributed by atoms with van der Waals surface area (Å²) in [4.78, 5) is 20.3. The molecule has 0 atom stereocenters. The Hall–Kier alpha value is -2.63. The lowest BCUT2D eigenvalue weighted by Crippen LogP contribution is -2.28. The third-order valence-corrected chi connectivity index (χ3v) is 3.08. The summed E-state index contributed by atoms with van der Waals surface area (Å²) in [5.74, 6) is 1.45. The van der Waals surface area contributed by atoms with Crippen molar-refractivity contribution < 1.29 is 9.53 Å². The molecule has 24 heavy (non-hydrogen) atoms. The second kappa shape index (κ2) is 8.29. The van der Waals surface area contributed by atoms with Gasteiger partial charge in [0.15, 0.2) is 0 Å². The van der Waals surface area contributed by atoms with E-state index < -0.39 is 0 Å². The number of hydrogen-bond acceptors (Lipinski definition) is 5. The molecule has 0 spiro atoms. The molecule has 2 N–H and O–H groups in total. The Morgan fingerprint density at radius 1 is 1.17 bits per heavy atom. The Bertz CT molecular complexity index is 686. The van der Waals surface area contributed by atoms with Crippen LogP contribution in [0.15, 0.2) is 36.7 Å². The number of nitrogens with one attached hydrogen (secondary N) is 2. The largest absolute Gasteiger partial charge is 0.489 e. The molecule has 2 aromatic rings. The van der Waals surface area contributed by atoms with E-state index in [1.54, 1.807) is 6.07 Å². The number of amides is 1. The first kappa shape index (κ1) is 17.7. The van der Waals surface area contributed by atoms with Crippen LogP contribution in [0, 0.1) is 5.92 Å². The predicted molar refractivity (Wildman–Crippen MR) is 94.7 cm³/mol. The number of ether oxygens (including phenoxy) is 1. The Kier molecular flexibility index (Phi) is 6.12. The number of aromatic nitrogens is 2. The fourth-order valence-electron chi connectivity index (χ4n) is 2.00. The Labute approximate surface area is 142 Å². The molecule has 0 fully saturated rings. The summed E-state index contributed by atoms with van der Waals surface area (Å²) in [6, 6.07) is 9.24. The fourth-order valence-corrected chi connectivity index (χ4v) is 2.00. The monoisotopic (exact) mass is 328 g/mol. The van der Waals surface area contributed by atoms with Crippen LogP contribution >= 0.6 is 0 Å². The molecule has 128 valence electrons. The van der Waals surface area contributed by atoms with Crippen LogP contribution in [0.2, 0.25) is 0 Å². The molecule has 2 rings (SSSR count). The van der Waals surface area contributed by atoms with Crippen LogP contribution in [0.4, 0.5) is 11.5 Å². The maximum atomic E-state index is 12.1. The highest BCUT2D eigenvalue weighted by atomic mass is 16.5. The molecule has 0 radical (unpaired) electrons. The molecule has 0 saturated heterocycles. The van der Waals surface area contributed by atoms with Gasteiger partial charge < -0.3 is 15.4 Å². The first-order chi connectivity index (χ1) is 11.5. The highest BCUT2D eigenvalue weighted by Crippen LogP contribution is 2.27. The van der Waals surface area contributed by atoms with E-state index in [-0.39, 0.29) is 12.0 Å². The van der Waals surface area contributed by atoms with Gasteiger partial charge in [-0.3, -0.25) is 4.79 Å². The lowest BCUT2D eigenvalue weighted by Gasteiger charge is -2.15. The van der Waals surface area contributed by atoms with Gasteiger partial charge in [-0.1, -0.05) is 26.0 Å². The van der Waals surface area contributed by atoms with E-state index in [1.165, 1.54) is 6.33 Å². The van der Waals surface area contributed by atoms with E-state index in [9.17, 15) is 4.79 Å². The summed E-state index contributed by atoms with van der Waals surface area (Å²) >= 11 is 0. The minimum absolute atomic E-state index is 0.0655. The topological polar surface area (TPSA) is 76.1 Å². The van der Waals surface area contributed by atoms with Gasteiger partial charge in [0.2, 0.25) is 0 Å². The Morgan fingerprint density at radius 2 is 1.92 bits per heavy atom. The maximum Gasteiger partial charge on any atom is 0.270 e. The van der Waals surface area contributed by atoms with Crippen molar-refractivity contribution in [2.24, 2.45) is 5.92 Å². The maximum absolute atomic E-state index is 12.1. The molecule has 0 aliphatic heterocycles. The first-order valence-electron chi connectivity index (χ1n) is 8.08. The minimum Gasteiger partial charge on any atom is -0.489 e. The molecule has 6 heteroatoms. The van der Waals surface area contributed by atoms with Crippen molar-refractivity contribution in [2.45, 2.75) is 33.8 Å². The van der Waals surface area contributed by atoms with E-state index in [2.05, 4.69) is 20.6 Å². The summed E-state index contributed by atoms with van der Waals surface area (Å²) in [6.07, 6.45) is 1.44. The average molecular weight is 328 g/mol. The normalized spacial score (nSPS) is 10.8. The fraction of sp³-hybridized carbons (Fsp3) is 0.389. The van der Waals surface area contributed by atoms with E-state index in [0.717, 1.165) is 11.4 Å². The molecular formula is C18H24N4O2. The molecule has 1 amide bonds. The van der Waals surface area contributed by atoms with Crippen molar-refractivity contribution >= 4 is 17.4 Å². The third-order valence-electron chi connectivity index (χ3n) is 3.08. The number of benzene rings is 1. The molecule has 0 unspecified atom stereocenters. The summed E-state index contributed by atoms with van der Waals surface area (Å²) < 4.78 is 5.77. The molecule has 1 aromatic heterocycles. The predicted octanol–water partition coefficient (Wildman–Crippen LogP) is 3.39. The molecule has 0 saturated carbocycles. The zero-order chi connectivity index (χ0) is 17.5. The third kappa shape index (κ3) is 5.22. The van der Waals surface area contributed by atoms with Crippen molar-refractivity contribution in [1.82, 2.24) is 15.3 Å². The second-order valence-electron chi connectivity index (χ2n) is 6.18. The first-order valence-corrected chi connectivity index (χ1v) is 8.08. The molecule has 0 bridgehead atoms. The van der Waals surface area contributed by atoms with Crippen LogP contribution < -0.4 is 15.4 Å². The van der Waals surface area contributed by atoms with Gasteiger partial charge in [-0.25, -0.2) is 9.97 Å². The summed E-state index contributed by atoms with van der Waals surface area (Å²) in [7, 11) is 0. The Morgan fingerprint density at radius 3 is 2.62 bits per heavy atom. The zero-order valence-electron chi connectivity index (χ0n) is 14.5. The quantitative estimate of drug-likeness (QED) is 0.815. The van der Waals surface area contributed by atoms with Crippen LogP contribution in [0.3, 0.4) is 0 Å². The van der Waals surface area contributed by atoms with Crippen LogP contribution in [0.25, 0.3) is 0 Å². The van der Waals surface area contributed by atoms with Gasteiger partial charge in [-0.15, -0.1) is 0 Å². The summed E-state index contributed by atoms with van der Waals surface area (Å²) in [6.45, 7) is 8.63. The van der Waals surface area contributed by atoms with Crippen LogP contribution in [-0.4, -0.2) is 28.5 Å². The van der Waals surface area contributed by atoms with Crippen LogP contribution in [-0.2, 0) is 0 Å². The standard InChI is InChI=1S/C18H24N4O2/c1-12(2)10-19-18(23)15-9-17(21-11-20-15)22-14-7-5-6-8-16(14)24-13(3)4/h5-9,11-13H,10H2,1-4H3,(H,19,23)(H,20,21,22). The lowest BCUT2D eigenvalue weighted by molar-refractivity contribution is 0.0944. The molecular weight excluding hydrogens is 304 g/mol. The summed E-state index contributed by atoms with van der Waals surface area (Å²) in [5.41, 5.74) is 1.12. The highest BCUT2D eigenvalue weighted by molar-refractivity contribution is 5.93. The van der Waals surface area contributed by atoms with Crippen LogP contribution in [0.5, 0.6) is 5.75 Å². The lowest BCUT2D eigenvalue weighted by atomic mass is 10.2. The number of hydrogen-bond donors (Lipinski definition) is 2. The van der Waals surface area contributed by atoms with Crippen molar-refractivity contribution in [1.29, 1.82) is 0 Å². The molecule has 0 aliphatic carbocycles. The number of carbonyl (C=O) groups excluding carboxylic acids is 1. The highest BCUT2D eigenvalue weighted by Gasteiger charge is 2.11. The zero-order valence-corrected chi connectivity index (χ0v) is 14.5. The SMILES string of the molecule is CC(C)CNC(=O)c1cc(Nc2ccccc2OC(C)C)ncn1. The van der Waals surface area contributed by atoms with Crippen molar-refractivity contribution in [3.05, 3.63) is 42.4 Å². The van der Waals surface area contributed by atoms with Gasteiger partial charge in [0.1, 0.15) is 23.6 Å². The molecule has 6 nitrogen and oxygen atoms in total. The van der Waals surface area contributed by atoms with Crippen molar-refractivity contribution in [3.8, 4) is 5.75 Å². The molecule has 0 aliphatic rings. The van der Waals surface area contributed by atoms with E-state index in [4.69, 9.17) is 4.74 Å². The van der Waals surface area contributed by atoms with Crippen molar-refractivity contribution in [3.63, 3.8) is 0 Å². The van der Waals surface area contributed by atoms with Gasteiger partial charge in [-0.05, 0) is 31.9 Å². The van der Waals surface area contributed by atoms with E-state index >= 15 is 0 Å². The smallest absolute Gasteiger partial charge is 0.270 e. The van der Waals surface area contributed by atoms with Crippen molar-refractivity contribution in [2.75, 3.05) is 11.9 Å². The number of carbonyl (C=O) groups is 1. The average Bonchev–Trinajstić information content (AvgIpc) is 2.54. The van der Waals surface area contributed by atoms with Gasteiger partial charge >= 0.3 is 0 Å². The van der Waals surface area contributed by atoms with E-state index in [1.807, 2.05) is 52.0 Å². The van der Waals surface area contributed by atoms with E-state index in [0.29, 0.717) is 24.0 Å². The minimum atomic E-state index is -0.208. The number of anilines is 2. The van der Waals surface area contributed by atoms with Crippen LogP contribution in [0.1, 0.15) is 38.2 Å². The molecule has 1 heterocycles. The Balaban J connectivity index is 2.14. The molecule has 1 aromatic carbocycles. The number of nitrogens with zero attached hydrogens (tertiary/aromatic N) is 2. The van der Waals surface area contributed by atoms with Gasteiger partial charge in [0.05, 0.1) is 11.8 Å². The number of para-hydroxylation sites is 2.